The Balaban J connectivity index is 2.20. The number of hydrogen-bond acceptors (Lipinski definition) is 5. The summed E-state index contributed by atoms with van der Waals surface area (Å²) >= 11 is 7.59. The molecule has 1 heterocycles. The van der Waals surface area contributed by atoms with Crippen LogP contribution in [0.4, 0.5) is 5.00 Å². The predicted molar refractivity (Wildman–Crippen MR) is 114 cm³/mol. The lowest BCUT2D eigenvalue weighted by Crippen LogP contribution is -2.16. The number of primary amides is 1. The van der Waals surface area contributed by atoms with E-state index >= 15 is 0 Å². The van der Waals surface area contributed by atoms with Gasteiger partial charge >= 0.3 is 0 Å². The standard InChI is InChI=1S/C20H23ClN2O4S/c1-5-8-27-18-14(21)9-13(10-15(18)26-4)6-7-16(24)23-20-17(19(22)25)11(2)12(3)28-20/h6-7,9-10H,5,8H2,1-4H3,(H2,22,25)(H,23,24)/b7-6+. The van der Waals surface area contributed by atoms with E-state index in [0.29, 0.717) is 39.3 Å². The fourth-order valence-electron chi connectivity index (χ4n) is 2.52. The Morgan fingerprint density at radius 2 is 2.04 bits per heavy atom. The van der Waals surface area contributed by atoms with Crippen LogP contribution in [0.5, 0.6) is 11.5 Å². The van der Waals surface area contributed by atoms with E-state index in [1.165, 1.54) is 24.5 Å². The summed E-state index contributed by atoms with van der Waals surface area (Å²) in [6, 6.07) is 3.42. The molecule has 3 N–H and O–H groups in total. The summed E-state index contributed by atoms with van der Waals surface area (Å²) in [7, 11) is 1.53. The van der Waals surface area contributed by atoms with Gasteiger partial charge in [-0.1, -0.05) is 18.5 Å². The molecule has 0 saturated heterocycles. The maximum atomic E-state index is 12.3. The number of ether oxygens (including phenoxy) is 2. The molecule has 28 heavy (non-hydrogen) atoms. The molecule has 1 aromatic heterocycles. The summed E-state index contributed by atoms with van der Waals surface area (Å²) in [5.74, 6) is 0.00949. The average Bonchev–Trinajstić information content (AvgIpc) is 2.92. The Bertz CT molecular complexity index is 921. The number of amides is 2. The molecule has 0 fully saturated rings. The van der Waals surface area contributed by atoms with Crippen LogP contribution in [0, 0.1) is 13.8 Å². The third-order valence-electron chi connectivity index (χ3n) is 4.00. The van der Waals surface area contributed by atoms with E-state index in [2.05, 4.69) is 5.32 Å². The topological polar surface area (TPSA) is 90.6 Å². The molecule has 2 rings (SSSR count). The fraction of sp³-hybridized carbons (Fsp3) is 0.300. The molecule has 2 amide bonds. The number of anilines is 1. The van der Waals surface area contributed by atoms with Gasteiger partial charge in [0.15, 0.2) is 11.5 Å². The van der Waals surface area contributed by atoms with Gasteiger partial charge in [-0.05, 0) is 49.6 Å². The largest absolute Gasteiger partial charge is 0.493 e. The van der Waals surface area contributed by atoms with Crippen molar-refractivity contribution in [3.05, 3.63) is 44.8 Å². The highest BCUT2D eigenvalue weighted by Crippen LogP contribution is 2.37. The molecule has 0 saturated carbocycles. The molecule has 0 aliphatic rings. The summed E-state index contributed by atoms with van der Waals surface area (Å²) in [5.41, 5.74) is 7.21. The van der Waals surface area contributed by atoms with Crippen molar-refractivity contribution < 1.29 is 19.1 Å². The Morgan fingerprint density at radius 3 is 2.64 bits per heavy atom. The van der Waals surface area contributed by atoms with Crippen LogP contribution in [0.25, 0.3) is 6.08 Å². The Labute approximate surface area is 173 Å². The van der Waals surface area contributed by atoms with Crippen molar-refractivity contribution in [1.82, 2.24) is 0 Å². The highest BCUT2D eigenvalue weighted by atomic mass is 35.5. The number of carbonyl (C=O) groups is 2. The monoisotopic (exact) mass is 422 g/mol. The Hall–Kier alpha value is -2.51. The number of benzene rings is 1. The maximum Gasteiger partial charge on any atom is 0.251 e. The number of carbonyl (C=O) groups excluding carboxylic acids is 2. The van der Waals surface area contributed by atoms with Gasteiger partial charge in [0.25, 0.3) is 5.91 Å². The second kappa shape index (κ2) is 9.61. The van der Waals surface area contributed by atoms with Crippen molar-refractivity contribution in [3.63, 3.8) is 0 Å². The number of aryl methyl sites for hydroxylation is 1. The zero-order valence-corrected chi connectivity index (χ0v) is 17.8. The molecule has 0 unspecified atom stereocenters. The van der Waals surface area contributed by atoms with Gasteiger partial charge in [-0.3, -0.25) is 9.59 Å². The molecule has 0 atom stereocenters. The second-order valence-electron chi connectivity index (χ2n) is 6.06. The van der Waals surface area contributed by atoms with E-state index in [9.17, 15) is 9.59 Å². The number of hydrogen-bond donors (Lipinski definition) is 2. The van der Waals surface area contributed by atoms with Crippen molar-refractivity contribution in [1.29, 1.82) is 0 Å². The van der Waals surface area contributed by atoms with Crippen LogP contribution in [-0.4, -0.2) is 25.5 Å². The lowest BCUT2D eigenvalue weighted by Gasteiger charge is -2.12. The van der Waals surface area contributed by atoms with Gasteiger partial charge in [-0.2, -0.15) is 0 Å². The van der Waals surface area contributed by atoms with Gasteiger partial charge in [-0.15, -0.1) is 11.3 Å². The minimum absolute atomic E-state index is 0.339. The number of rotatable bonds is 8. The zero-order chi connectivity index (χ0) is 20.8. The minimum atomic E-state index is -0.569. The first-order valence-corrected chi connectivity index (χ1v) is 9.87. The predicted octanol–water partition coefficient (Wildman–Crippen LogP) is 4.57. The number of methoxy groups -OCH3 is 1. The quantitative estimate of drug-likeness (QED) is 0.610. The van der Waals surface area contributed by atoms with Crippen molar-refractivity contribution in [3.8, 4) is 11.5 Å². The van der Waals surface area contributed by atoms with Crippen LogP contribution >= 0.6 is 22.9 Å². The SMILES string of the molecule is CCCOc1c(Cl)cc(/C=C/C(=O)Nc2sc(C)c(C)c2C(N)=O)cc1OC. The fourth-order valence-corrected chi connectivity index (χ4v) is 3.86. The molecule has 1 aromatic carbocycles. The normalized spacial score (nSPS) is 10.9. The Morgan fingerprint density at radius 1 is 1.32 bits per heavy atom. The minimum Gasteiger partial charge on any atom is -0.493 e. The van der Waals surface area contributed by atoms with E-state index in [4.69, 9.17) is 26.8 Å². The van der Waals surface area contributed by atoms with Crippen LogP contribution < -0.4 is 20.5 Å². The van der Waals surface area contributed by atoms with E-state index in [0.717, 1.165) is 16.9 Å². The van der Waals surface area contributed by atoms with E-state index in [1.807, 2.05) is 13.8 Å². The molecule has 0 spiro atoms. The van der Waals surface area contributed by atoms with Gasteiger partial charge in [0.05, 0.1) is 24.3 Å². The van der Waals surface area contributed by atoms with Gasteiger partial charge in [0, 0.05) is 11.0 Å². The molecule has 150 valence electrons. The first-order valence-electron chi connectivity index (χ1n) is 8.67. The molecule has 0 aliphatic heterocycles. The van der Waals surface area contributed by atoms with Gasteiger partial charge in [0.2, 0.25) is 5.91 Å². The number of nitrogens with two attached hydrogens (primary N) is 1. The maximum absolute atomic E-state index is 12.3. The number of thiophene rings is 1. The summed E-state index contributed by atoms with van der Waals surface area (Å²) < 4.78 is 10.9. The first-order chi connectivity index (χ1) is 13.3. The molecule has 2 aromatic rings. The third kappa shape index (κ3) is 5.05. The molecule has 6 nitrogen and oxygen atoms in total. The first kappa shape index (κ1) is 21.8. The molecular formula is C20H23ClN2O4S. The molecule has 0 bridgehead atoms. The third-order valence-corrected chi connectivity index (χ3v) is 5.40. The van der Waals surface area contributed by atoms with Crippen LogP contribution in [0.1, 0.15) is 39.7 Å². The van der Waals surface area contributed by atoms with Crippen molar-refractivity contribution in [2.45, 2.75) is 27.2 Å². The number of halogens is 1. The summed E-state index contributed by atoms with van der Waals surface area (Å²) in [5, 5.41) is 3.55. The highest BCUT2D eigenvalue weighted by Gasteiger charge is 2.18. The lowest BCUT2D eigenvalue weighted by molar-refractivity contribution is -0.111. The summed E-state index contributed by atoms with van der Waals surface area (Å²) in [4.78, 5) is 24.9. The van der Waals surface area contributed by atoms with Crippen LogP contribution in [0.15, 0.2) is 18.2 Å². The van der Waals surface area contributed by atoms with Gasteiger partial charge < -0.3 is 20.5 Å². The van der Waals surface area contributed by atoms with Crippen molar-refractivity contribution in [2.24, 2.45) is 5.73 Å². The van der Waals surface area contributed by atoms with Gasteiger partial charge in [0.1, 0.15) is 5.00 Å². The second-order valence-corrected chi connectivity index (χ2v) is 7.69. The zero-order valence-electron chi connectivity index (χ0n) is 16.2. The smallest absolute Gasteiger partial charge is 0.251 e. The van der Waals surface area contributed by atoms with E-state index in [-0.39, 0.29) is 5.91 Å². The number of nitrogens with one attached hydrogen (secondary N) is 1. The van der Waals surface area contributed by atoms with Crippen LogP contribution in [0.3, 0.4) is 0 Å². The van der Waals surface area contributed by atoms with E-state index < -0.39 is 5.91 Å². The van der Waals surface area contributed by atoms with Crippen molar-refractivity contribution in [2.75, 3.05) is 19.0 Å². The average molecular weight is 423 g/mol. The molecular weight excluding hydrogens is 400 g/mol. The molecule has 0 radical (unpaired) electrons. The summed E-state index contributed by atoms with van der Waals surface area (Å²) in [6.07, 6.45) is 3.80. The van der Waals surface area contributed by atoms with E-state index in [1.54, 1.807) is 25.1 Å². The lowest BCUT2D eigenvalue weighted by atomic mass is 10.1. The molecule has 0 aliphatic carbocycles. The Kier molecular flexibility index (Phi) is 7.48. The van der Waals surface area contributed by atoms with Crippen LogP contribution in [-0.2, 0) is 4.79 Å². The summed E-state index contributed by atoms with van der Waals surface area (Å²) in [6.45, 7) is 6.19. The van der Waals surface area contributed by atoms with Crippen molar-refractivity contribution >= 4 is 45.8 Å². The highest BCUT2D eigenvalue weighted by molar-refractivity contribution is 7.16. The van der Waals surface area contributed by atoms with Crippen LogP contribution in [0.2, 0.25) is 5.02 Å². The molecule has 8 heteroatoms. The van der Waals surface area contributed by atoms with Gasteiger partial charge in [-0.25, -0.2) is 0 Å².